The monoisotopic (exact) mass is 272 g/mol. The van der Waals surface area contributed by atoms with Crippen LogP contribution in [0.15, 0.2) is 36.9 Å². The van der Waals surface area contributed by atoms with Gasteiger partial charge in [0.05, 0.1) is 6.04 Å². The maximum Gasteiger partial charge on any atom is 0.125 e. The molecular weight excluding hydrogens is 248 g/mol. The van der Waals surface area contributed by atoms with Crippen molar-refractivity contribution in [2.75, 3.05) is 6.54 Å². The molecule has 108 valence electrons. The van der Waals surface area contributed by atoms with Crippen molar-refractivity contribution in [3.63, 3.8) is 0 Å². The van der Waals surface area contributed by atoms with Crippen LogP contribution in [0.5, 0.6) is 0 Å². The zero-order valence-corrected chi connectivity index (χ0v) is 12.4. The molecule has 2 rings (SSSR count). The van der Waals surface area contributed by atoms with Crippen molar-refractivity contribution < 1.29 is 0 Å². The van der Waals surface area contributed by atoms with E-state index in [0.29, 0.717) is 6.04 Å². The van der Waals surface area contributed by atoms with Gasteiger partial charge in [-0.05, 0) is 44.4 Å². The second kappa shape index (κ2) is 7.80. The van der Waals surface area contributed by atoms with Gasteiger partial charge in [0.2, 0.25) is 0 Å². The molecule has 2 aromatic rings. The molecule has 0 fully saturated rings. The highest BCUT2D eigenvalue weighted by molar-refractivity contribution is 5.10. The third-order valence-electron chi connectivity index (χ3n) is 3.49. The smallest absolute Gasteiger partial charge is 0.125 e. The van der Waals surface area contributed by atoms with Crippen LogP contribution in [-0.2, 0) is 13.0 Å². The Hall–Kier alpha value is -1.68. The van der Waals surface area contributed by atoms with Crippen molar-refractivity contribution in [1.29, 1.82) is 0 Å². The second-order valence-corrected chi connectivity index (χ2v) is 4.98. The summed E-state index contributed by atoms with van der Waals surface area (Å²) in [5.74, 6) is 1.14. The van der Waals surface area contributed by atoms with Crippen molar-refractivity contribution in [3.8, 4) is 0 Å². The van der Waals surface area contributed by atoms with Gasteiger partial charge in [-0.25, -0.2) is 4.98 Å². The lowest BCUT2D eigenvalue weighted by atomic mass is 10.1. The van der Waals surface area contributed by atoms with E-state index in [1.807, 2.05) is 24.7 Å². The molecule has 0 aromatic carbocycles. The van der Waals surface area contributed by atoms with Crippen molar-refractivity contribution in [1.82, 2.24) is 19.9 Å². The third kappa shape index (κ3) is 3.90. The van der Waals surface area contributed by atoms with Gasteiger partial charge in [0.25, 0.3) is 0 Å². The predicted octanol–water partition coefficient (Wildman–Crippen LogP) is 2.97. The molecule has 2 heterocycles. The lowest BCUT2D eigenvalue weighted by molar-refractivity contribution is 0.458. The fraction of sp³-hybridized carbons (Fsp3) is 0.500. The summed E-state index contributed by atoms with van der Waals surface area (Å²) in [4.78, 5) is 8.72. The van der Waals surface area contributed by atoms with E-state index in [-0.39, 0.29) is 0 Å². The molecule has 0 spiro atoms. The van der Waals surface area contributed by atoms with E-state index in [4.69, 9.17) is 0 Å². The lowest BCUT2D eigenvalue weighted by Crippen LogP contribution is -2.25. The Labute approximate surface area is 121 Å². The molecule has 0 amide bonds. The van der Waals surface area contributed by atoms with Crippen LogP contribution in [0.1, 0.15) is 44.1 Å². The number of nitrogens with zero attached hydrogens (tertiary/aromatic N) is 3. The number of pyridine rings is 1. The molecule has 4 nitrogen and oxygen atoms in total. The molecule has 1 N–H and O–H groups in total. The summed E-state index contributed by atoms with van der Waals surface area (Å²) in [6, 6.07) is 4.44. The van der Waals surface area contributed by atoms with Crippen LogP contribution in [0, 0.1) is 0 Å². The van der Waals surface area contributed by atoms with E-state index in [9.17, 15) is 0 Å². The summed E-state index contributed by atoms with van der Waals surface area (Å²) in [7, 11) is 0. The van der Waals surface area contributed by atoms with Gasteiger partial charge in [-0.3, -0.25) is 4.98 Å². The molecule has 0 saturated carbocycles. The van der Waals surface area contributed by atoms with Gasteiger partial charge >= 0.3 is 0 Å². The number of aromatic nitrogens is 3. The number of rotatable bonds is 8. The van der Waals surface area contributed by atoms with Crippen LogP contribution in [0.4, 0.5) is 0 Å². The van der Waals surface area contributed by atoms with Crippen LogP contribution in [0.3, 0.4) is 0 Å². The minimum atomic E-state index is 0.310. The summed E-state index contributed by atoms with van der Waals surface area (Å²) in [5, 5.41) is 3.61. The zero-order valence-electron chi connectivity index (χ0n) is 12.4. The number of aryl methyl sites for hydroxylation is 2. The molecule has 0 aliphatic carbocycles. The molecule has 0 bridgehead atoms. The van der Waals surface area contributed by atoms with Crippen molar-refractivity contribution in [2.24, 2.45) is 0 Å². The number of hydrogen-bond acceptors (Lipinski definition) is 3. The highest BCUT2D eigenvalue weighted by Gasteiger charge is 2.15. The fourth-order valence-electron chi connectivity index (χ4n) is 2.40. The zero-order chi connectivity index (χ0) is 14.2. The molecule has 2 aromatic heterocycles. The second-order valence-electron chi connectivity index (χ2n) is 4.98. The van der Waals surface area contributed by atoms with Crippen molar-refractivity contribution in [2.45, 2.75) is 45.7 Å². The molecular formula is C16H24N4. The van der Waals surface area contributed by atoms with Crippen LogP contribution < -0.4 is 5.32 Å². The predicted molar refractivity (Wildman–Crippen MR) is 81.5 cm³/mol. The summed E-state index contributed by atoms with van der Waals surface area (Å²) in [6.07, 6.45) is 10.9. The van der Waals surface area contributed by atoms with Gasteiger partial charge < -0.3 is 9.88 Å². The highest BCUT2D eigenvalue weighted by Crippen LogP contribution is 2.18. The Morgan fingerprint density at radius 1 is 1.30 bits per heavy atom. The van der Waals surface area contributed by atoms with Crippen LogP contribution in [0.25, 0.3) is 0 Å². The van der Waals surface area contributed by atoms with Crippen molar-refractivity contribution in [3.05, 3.63) is 48.3 Å². The molecule has 0 aliphatic rings. The van der Waals surface area contributed by atoms with E-state index in [1.165, 1.54) is 5.56 Å². The average Bonchev–Trinajstić information content (AvgIpc) is 2.97. The van der Waals surface area contributed by atoms with Gasteiger partial charge in [-0.1, -0.05) is 13.0 Å². The molecule has 0 radical (unpaired) electrons. The molecule has 1 atom stereocenters. The van der Waals surface area contributed by atoms with E-state index in [2.05, 4.69) is 46.0 Å². The lowest BCUT2D eigenvalue weighted by Gasteiger charge is -2.19. The van der Waals surface area contributed by atoms with Gasteiger partial charge in [0.15, 0.2) is 0 Å². The number of hydrogen-bond donors (Lipinski definition) is 1. The maximum absolute atomic E-state index is 4.54. The Morgan fingerprint density at radius 2 is 2.20 bits per heavy atom. The Bertz CT molecular complexity index is 492. The van der Waals surface area contributed by atoms with Crippen LogP contribution in [-0.4, -0.2) is 21.1 Å². The topological polar surface area (TPSA) is 42.7 Å². The first kappa shape index (κ1) is 14.7. The maximum atomic E-state index is 4.54. The van der Waals surface area contributed by atoms with Gasteiger partial charge in [-0.15, -0.1) is 0 Å². The minimum absolute atomic E-state index is 0.310. The molecule has 4 heteroatoms. The Kier molecular flexibility index (Phi) is 5.74. The first-order valence-corrected chi connectivity index (χ1v) is 7.48. The number of nitrogens with one attached hydrogen (secondary N) is 1. The first-order valence-electron chi connectivity index (χ1n) is 7.48. The Balaban J connectivity index is 2.04. The van der Waals surface area contributed by atoms with E-state index in [1.54, 1.807) is 0 Å². The fourth-order valence-corrected chi connectivity index (χ4v) is 2.40. The SMILES string of the molecule is CCCNC(CCc1cccnc1)c1nccn1CC. The van der Waals surface area contributed by atoms with Crippen LogP contribution in [0.2, 0.25) is 0 Å². The van der Waals surface area contributed by atoms with Gasteiger partial charge in [0, 0.05) is 31.3 Å². The quantitative estimate of drug-likeness (QED) is 0.803. The average molecular weight is 272 g/mol. The Morgan fingerprint density at radius 3 is 2.90 bits per heavy atom. The molecule has 1 unspecified atom stereocenters. The normalized spacial score (nSPS) is 12.5. The third-order valence-corrected chi connectivity index (χ3v) is 3.49. The minimum Gasteiger partial charge on any atom is -0.334 e. The summed E-state index contributed by atoms with van der Waals surface area (Å²) < 4.78 is 2.22. The van der Waals surface area contributed by atoms with E-state index < -0.39 is 0 Å². The highest BCUT2D eigenvalue weighted by atomic mass is 15.1. The summed E-state index contributed by atoms with van der Waals surface area (Å²) in [5.41, 5.74) is 1.28. The molecule has 0 saturated heterocycles. The first-order chi connectivity index (χ1) is 9.85. The largest absolute Gasteiger partial charge is 0.334 e. The summed E-state index contributed by atoms with van der Waals surface area (Å²) in [6.45, 7) is 6.33. The summed E-state index contributed by atoms with van der Waals surface area (Å²) >= 11 is 0. The van der Waals surface area contributed by atoms with E-state index >= 15 is 0 Å². The van der Waals surface area contributed by atoms with Gasteiger partial charge in [0.1, 0.15) is 5.82 Å². The van der Waals surface area contributed by atoms with Gasteiger partial charge in [-0.2, -0.15) is 0 Å². The standard InChI is InChI=1S/C16H24N4/c1-3-9-18-15(16-19-11-12-20(16)4-2)8-7-14-6-5-10-17-13-14/h5-6,10-13,15,18H,3-4,7-9H2,1-2H3. The number of imidazole rings is 1. The van der Waals surface area contributed by atoms with Crippen LogP contribution >= 0.6 is 0 Å². The molecule has 20 heavy (non-hydrogen) atoms. The van der Waals surface area contributed by atoms with E-state index in [0.717, 1.165) is 38.2 Å². The van der Waals surface area contributed by atoms with Crippen molar-refractivity contribution >= 4 is 0 Å². The molecule has 0 aliphatic heterocycles.